The van der Waals surface area contributed by atoms with Crippen LogP contribution in [0, 0.1) is 0 Å². The first-order valence-electron chi connectivity index (χ1n) is 16.1. The lowest BCUT2D eigenvalue weighted by Gasteiger charge is -2.13. The van der Waals surface area contributed by atoms with Gasteiger partial charge in [0.1, 0.15) is 5.82 Å². The second-order valence-electron chi connectivity index (χ2n) is 12.2. The average Bonchev–Trinajstić information content (AvgIpc) is 3.74. The summed E-state index contributed by atoms with van der Waals surface area (Å²) in [5.41, 5.74) is 8.14. The summed E-state index contributed by atoms with van der Waals surface area (Å²) in [7, 11) is 0. The van der Waals surface area contributed by atoms with Crippen molar-refractivity contribution in [3.05, 3.63) is 164 Å². The zero-order valence-corrected chi connectivity index (χ0v) is 25.8. The molecule has 0 atom stereocenters. The number of fused-ring (bicyclic) bond motifs is 8. The van der Waals surface area contributed by atoms with Gasteiger partial charge in [0.2, 0.25) is 0 Å². The first-order valence-corrected chi connectivity index (χ1v) is 16.1. The van der Waals surface area contributed by atoms with Crippen molar-refractivity contribution in [1.82, 2.24) is 24.3 Å². The number of para-hydroxylation sites is 1. The average molecular weight is 614 g/mol. The van der Waals surface area contributed by atoms with E-state index in [0.29, 0.717) is 0 Å². The van der Waals surface area contributed by atoms with E-state index >= 15 is 0 Å². The van der Waals surface area contributed by atoms with Crippen molar-refractivity contribution < 1.29 is 0 Å². The van der Waals surface area contributed by atoms with Gasteiger partial charge in [0.25, 0.3) is 0 Å². The Morgan fingerprint density at radius 2 is 1.23 bits per heavy atom. The maximum absolute atomic E-state index is 5.36. The Hall–Kier alpha value is -6.59. The molecule has 0 bridgehead atoms. The summed E-state index contributed by atoms with van der Waals surface area (Å²) < 4.78 is 4.35. The number of rotatable bonds is 4. The van der Waals surface area contributed by atoms with Crippen LogP contribution in [0.15, 0.2) is 164 Å². The predicted octanol–water partition coefficient (Wildman–Crippen LogP) is 10.6. The lowest BCUT2D eigenvalue weighted by Crippen LogP contribution is -2.00. The van der Waals surface area contributed by atoms with Gasteiger partial charge in [-0.05, 0) is 82.2 Å². The molecule has 5 heteroatoms. The van der Waals surface area contributed by atoms with Crippen LogP contribution in [0.4, 0.5) is 0 Å². The molecule has 6 aromatic carbocycles. The molecule has 0 fully saturated rings. The third-order valence-electron chi connectivity index (χ3n) is 9.42. The van der Waals surface area contributed by atoms with E-state index in [2.05, 4.69) is 120 Å². The molecule has 0 aliphatic carbocycles. The largest absolute Gasteiger partial charge is 0.294 e. The summed E-state index contributed by atoms with van der Waals surface area (Å²) in [6.45, 7) is 0. The Morgan fingerprint density at radius 3 is 2.08 bits per heavy atom. The Labute approximate surface area is 276 Å². The Balaban J connectivity index is 1.35. The van der Waals surface area contributed by atoms with Crippen molar-refractivity contribution in [2.75, 3.05) is 0 Å². The third kappa shape index (κ3) is 4.08. The summed E-state index contributed by atoms with van der Waals surface area (Å²) in [5, 5.41) is 13.2. The first-order chi connectivity index (χ1) is 23.8. The van der Waals surface area contributed by atoms with Gasteiger partial charge in [0.05, 0.1) is 39.8 Å². The van der Waals surface area contributed by atoms with Gasteiger partial charge < -0.3 is 0 Å². The van der Waals surface area contributed by atoms with Gasteiger partial charge in [-0.1, -0.05) is 91.0 Å². The van der Waals surface area contributed by atoms with Crippen molar-refractivity contribution in [2.24, 2.45) is 0 Å². The highest BCUT2D eigenvalue weighted by Gasteiger charge is 2.20. The molecule has 0 aliphatic rings. The number of pyridine rings is 2. The molecule has 4 aromatic heterocycles. The van der Waals surface area contributed by atoms with Crippen molar-refractivity contribution in [3.63, 3.8) is 0 Å². The Morgan fingerprint density at radius 1 is 0.458 bits per heavy atom. The smallest absolute Gasteiger partial charge is 0.138 e. The van der Waals surface area contributed by atoms with Gasteiger partial charge in [0.15, 0.2) is 0 Å². The van der Waals surface area contributed by atoms with E-state index in [1.165, 1.54) is 21.5 Å². The molecule has 224 valence electrons. The monoisotopic (exact) mass is 613 g/mol. The van der Waals surface area contributed by atoms with Crippen molar-refractivity contribution in [3.8, 4) is 34.0 Å². The molecule has 48 heavy (non-hydrogen) atoms. The minimum atomic E-state index is 0.839. The van der Waals surface area contributed by atoms with Gasteiger partial charge in [-0.25, -0.2) is 9.67 Å². The van der Waals surface area contributed by atoms with E-state index in [1.54, 1.807) is 0 Å². The lowest BCUT2D eigenvalue weighted by molar-refractivity contribution is 0.911. The molecule has 5 nitrogen and oxygen atoms in total. The fraction of sp³-hybridized carbons (Fsp3) is 0. The molecular weight excluding hydrogens is 587 g/mol. The quantitative estimate of drug-likeness (QED) is 0.186. The molecule has 0 amide bonds. The molecule has 0 saturated carbocycles. The summed E-state index contributed by atoms with van der Waals surface area (Å²) in [4.78, 5) is 10.1. The van der Waals surface area contributed by atoms with Crippen LogP contribution in [-0.4, -0.2) is 24.3 Å². The van der Waals surface area contributed by atoms with Crippen LogP contribution in [0.5, 0.6) is 0 Å². The number of nitrogens with zero attached hydrogens (tertiary/aromatic N) is 5. The normalized spacial score (nSPS) is 11.8. The van der Waals surface area contributed by atoms with Gasteiger partial charge in [-0.2, -0.15) is 5.10 Å². The third-order valence-corrected chi connectivity index (χ3v) is 9.42. The fourth-order valence-corrected chi connectivity index (χ4v) is 7.21. The van der Waals surface area contributed by atoms with E-state index < -0.39 is 0 Å². The second-order valence-corrected chi connectivity index (χ2v) is 12.2. The molecule has 10 rings (SSSR count). The summed E-state index contributed by atoms with van der Waals surface area (Å²) in [6, 6.07) is 53.2. The zero-order chi connectivity index (χ0) is 31.6. The van der Waals surface area contributed by atoms with E-state index in [9.17, 15) is 0 Å². The number of hydrogen-bond acceptors (Lipinski definition) is 3. The van der Waals surface area contributed by atoms with Gasteiger partial charge >= 0.3 is 0 Å². The topological polar surface area (TPSA) is 48.5 Å². The standard InChI is InChI=1S/C43H27N5/c1-3-12-29(13-4-1)38-24-31(37-17-9-10-22-44-37)25-42(46-38)47-40-21-20-39-36(27-45-48(39)32-14-5-2-6-15-32)43(40)35-23-30-19-18-28-11-7-8-16-33(28)34(30)26-41(35)47/h1-27H. The van der Waals surface area contributed by atoms with E-state index in [1.807, 2.05) is 53.5 Å². The van der Waals surface area contributed by atoms with E-state index in [-0.39, 0.29) is 0 Å². The van der Waals surface area contributed by atoms with Crippen molar-refractivity contribution in [2.45, 2.75) is 0 Å². The number of benzene rings is 6. The minimum absolute atomic E-state index is 0.839. The van der Waals surface area contributed by atoms with Crippen LogP contribution in [0.1, 0.15) is 0 Å². The van der Waals surface area contributed by atoms with Gasteiger partial charge in [-0.3, -0.25) is 9.55 Å². The van der Waals surface area contributed by atoms with Crippen LogP contribution < -0.4 is 0 Å². The minimum Gasteiger partial charge on any atom is -0.294 e. The highest BCUT2D eigenvalue weighted by molar-refractivity contribution is 6.24. The van der Waals surface area contributed by atoms with Crippen LogP contribution >= 0.6 is 0 Å². The molecule has 0 N–H and O–H groups in total. The molecule has 0 unspecified atom stereocenters. The highest BCUT2D eigenvalue weighted by atomic mass is 15.3. The molecule has 0 saturated heterocycles. The Bertz CT molecular complexity index is 2760. The molecular formula is C43H27N5. The van der Waals surface area contributed by atoms with Crippen LogP contribution in [0.3, 0.4) is 0 Å². The number of aromatic nitrogens is 5. The maximum atomic E-state index is 5.36. The highest BCUT2D eigenvalue weighted by Crippen LogP contribution is 2.41. The summed E-state index contributed by atoms with van der Waals surface area (Å²) in [5.74, 6) is 0.839. The molecule has 0 radical (unpaired) electrons. The van der Waals surface area contributed by atoms with Gasteiger partial charge in [0, 0.05) is 33.5 Å². The molecule has 0 aliphatic heterocycles. The number of hydrogen-bond donors (Lipinski definition) is 0. The van der Waals surface area contributed by atoms with Crippen molar-refractivity contribution in [1.29, 1.82) is 0 Å². The fourth-order valence-electron chi connectivity index (χ4n) is 7.21. The van der Waals surface area contributed by atoms with Crippen LogP contribution in [-0.2, 0) is 0 Å². The van der Waals surface area contributed by atoms with Gasteiger partial charge in [-0.15, -0.1) is 0 Å². The lowest BCUT2D eigenvalue weighted by atomic mass is 9.99. The van der Waals surface area contributed by atoms with E-state index in [4.69, 9.17) is 15.1 Å². The molecule has 10 aromatic rings. The molecule has 0 spiro atoms. The maximum Gasteiger partial charge on any atom is 0.138 e. The summed E-state index contributed by atoms with van der Waals surface area (Å²) in [6.07, 6.45) is 3.85. The SMILES string of the molecule is c1ccc(-c2cc(-c3ccccn3)cc(-n3c4cc5c(ccc6ccccc65)cc4c4c5cnn(-c6ccccc6)c5ccc43)n2)cc1. The van der Waals surface area contributed by atoms with Crippen LogP contribution in [0.25, 0.3) is 88.3 Å². The van der Waals surface area contributed by atoms with Crippen LogP contribution in [0.2, 0.25) is 0 Å². The summed E-state index contributed by atoms with van der Waals surface area (Å²) >= 11 is 0. The van der Waals surface area contributed by atoms with Crippen molar-refractivity contribution >= 4 is 54.3 Å². The first kappa shape index (κ1) is 26.6. The zero-order valence-electron chi connectivity index (χ0n) is 25.8. The Kier molecular flexibility index (Phi) is 5.81. The van der Waals surface area contributed by atoms with E-state index in [0.717, 1.165) is 66.7 Å². The predicted molar refractivity (Wildman–Crippen MR) is 197 cm³/mol. The second kappa shape index (κ2) is 10.5. The molecule has 4 heterocycles.